The fourth-order valence-electron chi connectivity index (χ4n) is 7.13. The maximum absolute atomic E-state index is 12.7. The van der Waals surface area contributed by atoms with Crippen LogP contribution in [0.2, 0.25) is 0 Å². The van der Waals surface area contributed by atoms with Crippen LogP contribution >= 0.6 is 7.82 Å². The average molecular weight is 906 g/mol. The van der Waals surface area contributed by atoms with Gasteiger partial charge in [-0.3, -0.25) is 18.6 Å². The number of phosphoric acid groups is 1. The summed E-state index contributed by atoms with van der Waals surface area (Å²) in [6, 6.07) is 0. The minimum atomic E-state index is -4.38. The van der Waals surface area contributed by atoms with Crippen molar-refractivity contribution in [1.82, 2.24) is 0 Å². The molecule has 0 heterocycles. The highest BCUT2D eigenvalue weighted by molar-refractivity contribution is 7.47. The number of hydrogen-bond acceptors (Lipinski definition) is 8. The molecule has 0 amide bonds. The van der Waals surface area contributed by atoms with Gasteiger partial charge in [-0.2, -0.15) is 0 Å². The normalized spacial score (nSPS) is 13.7. The van der Waals surface area contributed by atoms with Gasteiger partial charge in [-0.1, -0.05) is 222 Å². The molecule has 0 aliphatic carbocycles. The average Bonchev–Trinajstić information content (AvgIpc) is 3.27. The molecule has 0 saturated carbocycles. The highest BCUT2D eigenvalue weighted by Crippen LogP contribution is 2.43. The van der Waals surface area contributed by atoms with E-state index in [2.05, 4.69) is 74.6 Å². The van der Waals surface area contributed by atoms with E-state index in [1.807, 2.05) is 0 Å². The van der Waals surface area contributed by atoms with Gasteiger partial charge in [-0.05, 0) is 57.8 Å². The van der Waals surface area contributed by atoms with Crippen molar-refractivity contribution in [3.63, 3.8) is 0 Å². The zero-order valence-electron chi connectivity index (χ0n) is 40.6. The Hall–Kier alpha value is -2.29. The molecule has 63 heavy (non-hydrogen) atoms. The van der Waals surface area contributed by atoms with Crippen molar-refractivity contribution in [1.29, 1.82) is 0 Å². The van der Waals surface area contributed by atoms with Gasteiger partial charge in [-0.25, -0.2) is 4.57 Å². The third-order valence-electron chi connectivity index (χ3n) is 10.9. The van der Waals surface area contributed by atoms with Gasteiger partial charge in [0.2, 0.25) is 0 Å². The first-order valence-electron chi connectivity index (χ1n) is 25.8. The molecule has 0 radical (unpaired) electrons. The monoisotopic (exact) mass is 906 g/mol. The predicted molar refractivity (Wildman–Crippen MR) is 266 cm³/mol. The summed E-state index contributed by atoms with van der Waals surface area (Å²) in [5, 5.41) is 0. The van der Waals surface area contributed by atoms with E-state index in [0.29, 0.717) is 6.42 Å². The Balaban J connectivity index is 4.05. The fraction of sp³-hybridized carbons (Fsp3) is 0.774. The second-order valence-corrected chi connectivity index (χ2v) is 18.5. The van der Waals surface area contributed by atoms with Crippen LogP contribution < -0.4 is 5.73 Å². The van der Waals surface area contributed by atoms with Crippen LogP contribution in [0.5, 0.6) is 0 Å². The largest absolute Gasteiger partial charge is 0.472 e. The number of esters is 2. The molecule has 0 rings (SSSR count). The Morgan fingerprint density at radius 2 is 0.873 bits per heavy atom. The highest BCUT2D eigenvalue weighted by Gasteiger charge is 2.26. The topological polar surface area (TPSA) is 134 Å². The van der Waals surface area contributed by atoms with Crippen LogP contribution in [0.3, 0.4) is 0 Å². The predicted octanol–water partition coefficient (Wildman–Crippen LogP) is 15.6. The Morgan fingerprint density at radius 1 is 0.492 bits per heavy atom. The van der Waals surface area contributed by atoms with Gasteiger partial charge in [0.25, 0.3) is 0 Å². The molecule has 0 aromatic rings. The fourth-order valence-corrected chi connectivity index (χ4v) is 7.90. The van der Waals surface area contributed by atoms with Crippen LogP contribution in [0.1, 0.15) is 232 Å². The SMILES string of the molecule is CC/C=C\C/C=C\C/C=C\C/C=C\C/C=C\CCCCCCCCCCCC(=O)OC(COC(=O)CCCCCCCCCCCCCCCCCCC)COP(=O)(O)OCCN. The van der Waals surface area contributed by atoms with Crippen LogP contribution in [-0.4, -0.2) is 49.3 Å². The van der Waals surface area contributed by atoms with Crippen molar-refractivity contribution >= 4 is 19.8 Å². The summed E-state index contributed by atoms with van der Waals surface area (Å²) in [7, 11) is -4.38. The van der Waals surface area contributed by atoms with Gasteiger partial charge in [0.05, 0.1) is 13.2 Å². The lowest BCUT2D eigenvalue weighted by molar-refractivity contribution is -0.161. The maximum atomic E-state index is 12.7. The van der Waals surface area contributed by atoms with Gasteiger partial charge >= 0.3 is 19.8 Å². The second kappa shape index (κ2) is 49.2. The van der Waals surface area contributed by atoms with E-state index in [9.17, 15) is 19.0 Å². The molecule has 366 valence electrons. The van der Waals surface area contributed by atoms with Gasteiger partial charge < -0.3 is 20.1 Å². The zero-order chi connectivity index (χ0) is 46.0. The van der Waals surface area contributed by atoms with E-state index < -0.39 is 26.5 Å². The Labute approximate surface area is 387 Å². The quantitative estimate of drug-likeness (QED) is 0.0265. The minimum Gasteiger partial charge on any atom is -0.462 e. The van der Waals surface area contributed by atoms with Crippen molar-refractivity contribution in [3.05, 3.63) is 60.8 Å². The molecule has 0 aliphatic rings. The molecular formula is C53H96NO8P. The first-order chi connectivity index (χ1) is 30.8. The first-order valence-corrected chi connectivity index (χ1v) is 27.3. The third kappa shape index (κ3) is 49.0. The molecule has 0 aliphatic heterocycles. The summed E-state index contributed by atoms with van der Waals surface area (Å²) in [5.41, 5.74) is 5.37. The summed E-state index contributed by atoms with van der Waals surface area (Å²) in [6.45, 7) is 3.64. The minimum absolute atomic E-state index is 0.0514. The molecule has 9 nitrogen and oxygen atoms in total. The number of carbonyl (C=O) groups is 2. The van der Waals surface area contributed by atoms with Crippen molar-refractivity contribution < 1.29 is 37.6 Å². The summed E-state index contributed by atoms with van der Waals surface area (Å²) in [5.74, 6) is -0.829. The van der Waals surface area contributed by atoms with E-state index in [0.717, 1.165) is 77.0 Å². The molecule has 0 fully saturated rings. The number of ether oxygens (including phenoxy) is 2. The van der Waals surface area contributed by atoms with Gasteiger partial charge in [-0.15, -0.1) is 0 Å². The van der Waals surface area contributed by atoms with Crippen molar-refractivity contribution in [2.24, 2.45) is 5.73 Å². The number of carbonyl (C=O) groups excluding carboxylic acids is 2. The molecule has 2 unspecified atom stereocenters. The standard InChI is InChI=1S/C53H96NO8P/c1-3-5-7-9-11-13-15-17-19-21-22-23-24-25-26-27-28-30-32-34-36-38-40-42-44-46-53(56)62-51(50-61-63(57,58)60-48-47-54)49-59-52(55)45-43-41-39-37-35-33-31-29-20-18-16-14-12-10-8-6-4-2/h5,7,11,13,17,19,22-23,25-26,51H,3-4,6,8-10,12,14-16,18,20-21,24,27-50,54H2,1-2H3,(H,57,58)/b7-5-,13-11-,19-17-,23-22-,26-25-. The number of unbranched alkanes of at least 4 members (excludes halogenated alkanes) is 25. The van der Waals surface area contributed by atoms with Gasteiger partial charge in [0.15, 0.2) is 6.10 Å². The Kier molecular flexibility index (Phi) is 47.4. The van der Waals surface area contributed by atoms with Crippen molar-refractivity contribution in [2.45, 2.75) is 238 Å². The van der Waals surface area contributed by atoms with Crippen LogP contribution in [0, 0.1) is 0 Å². The van der Waals surface area contributed by atoms with E-state index in [-0.39, 0.29) is 38.6 Å². The number of allylic oxidation sites excluding steroid dienone is 10. The van der Waals surface area contributed by atoms with Crippen LogP contribution in [-0.2, 0) is 32.7 Å². The highest BCUT2D eigenvalue weighted by atomic mass is 31.2. The van der Waals surface area contributed by atoms with E-state index in [4.69, 9.17) is 24.3 Å². The first kappa shape index (κ1) is 60.7. The number of rotatable bonds is 48. The van der Waals surface area contributed by atoms with Gasteiger partial charge in [0, 0.05) is 19.4 Å². The molecule has 3 N–H and O–H groups in total. The lowest BCUT2D eigenvalue weighted by atomic mass is 10.0. The molecule has 0 aromatic carbocycles. The third-order valence-corrected chi connectivity index (χ3v) is 11.9. The van der Waals surface area contributed by atoms with Gasteiger partial charge in [0.1, 0.15) is 6.61 Å². The lowest BCUT2D eigenvalue weighted by Gasteiger charge is -2.19. The molecule has 0 aromatic heterocycles. The molecule has 0 bridgehead atoms. The smallest absolute Gasteiger partial charge is 0.462 e. The lowest BCUT2D eigenvalue weighted by Crippen LogP contribution is -2.29. The Bertz CT molecular complexity index is 1220. The Morgan fingerprint density at radius 3 is 1.30 bits per heavy atom. The van der Waals surface area contributed by atoms with Crippen LogP contribution in [0.15, 0.2) is 60.8 Å². The summed E-state index contributed by atoms with van der Waals surface area (Å²) in [4.78, 5) is 35.1. The number of phosphoric ester groups is 1. The van der Waals surface area contributed by atoms with Crippen LogP contribution in [0.25, 0.3) is 0 Å². The zero-order valence-corrected chi connectivity index (χ0v) is 41.4. The molecule has 2 atom stereocenters. The molecule has 10 heteroatoms. The van der Waals surface area contributed by atoms with Crippen LogP contribution in [0.4, 0.5) is 0 Å². The molecular weight excluding hydrogens is 810 g/mol. The summed E-state index contributed by atoms with van der Waals surface area (Å²) >= 11 is 0. The van der Waals surface area contributed by atoms with E-state index in [1.165, 1.54) is 122 Å². The van der Waals surface area contributed by atoms with Crippen molar-refractivity contribution in [3.8, 4) is 0 Å². The second-order valence-electron chi connectivity index (χ2n) is 17.0. The molecule has 0 saturated heterocycles. The maximum Gasteiger partial charge on any atom is 0.472 e. The summed E-state index contributed by atoms with van der Waals surface area (Å²) < 4.78 is 32.9. The molecule has 0 spiro atoms. The van der Waals surface area contributed by atoms with E-state index in [1.54, 1.807) is 0 Å². The van der Waals surface area contributed by atoms with Crippen molar-refractivity contribution in [2.75, 3.05) is 26.4 Å². The van der Waals surface area contributed by atoms with E-state index >= 15 is 0 Å². The number of nitrogens with two attached hydrogens (primary N) is 1. The number of hydrogen-bond donors (Lipinski definition) is 2. The summed E-state index contributed by atoms with van der Waals surface area (Å²) in [6.07, 6.45) is 59.7.